The normalized spacial score (nSPS) is 19.6. The maximum absolute atomic E-state index is 15.1. The van der Waals surface area contributed by atoms with Gasteiger partial charge in [-0.15, -0.1) is 0 Å². The van der Waals surface area contributed by atoms with E-state index >= 15 is 4.39 Å². The highest BCUT2D eigenvalue weighted by Crippen LogP contribution is 2.32. The number of fused-ring (bicyclic) bond motifs is 1. The third-order valence-corrected chi connectivity index (χ3v) is 8.78. The molecule has 2 aliphatic rings. The number of benzene rings is 2. The van der Waals surface area contributed by atoms with Gasteiger partial charge in [0, 0.05) is 48.4 Å². The second kappa shape index (κ2) is 13.6. The maximum Gasteiger partial charge on any atom is 0.354 e. The average Bonchev–Trinajstić information content (AvgIpc) is 3.44. The van der Waals surface area contributed by atoms with Crippen LogP contribution in [-0.4, -0.2) is 58.6 Å². The van der Waals surface area contributed by atoms with Crippen molar-refractivity contribution in [1.29, 1.82) is 0 Å². The van der Waals surface area contributed by atoms with Crippen molar-refractivity contribution in [3.05, 3.63) is 81.1 Å². The zero-order valence-electron chi connectivity index (χ0n) is 25.0. The molecule has 6 rings (SSSR count). The number of H-pyrrole nitrogens is 1. The third-order valence-electron chi connectivity index (χ3n) is 8.50. The van der Waals surface area contributed by atoms with Crippen LogP contribution in [-0.2, 0) is 6.42 Å². The minimum atomic E-state index is -0.505. The van der Waals surface area contributed by atoms with Crippen LogP contribution in [0.4, 0.5) is 4.39 Å². The smallest absolute Gasteiger partial charge is 0.354 e. The summed E-state index contributed by atoms with van der Waals surface area (Å²) in [5, 5.41) is 11.4. The first-order valence-corrected chi connectivity index (χ1v) is 15.9. The topological polar surface area (TPSA) is 125 Å². The van der Waals surface area contributed by atoms with E-state index in [1.54, 1.807) is 18.3 Å². The summed E-state index contributed by atoms with van der Waals surface area (Å²) >= 11 is 6.27. The minimum absolute atomic E-state index is 0.0653. The quantitative estimate of drug-likeness (QED) is 0.186. The standard InChI is InChI=1S/C33H40ClFN8O/c1-20(36)4-2-5-21-14-26(31(35)27(34)15-21)29-16-23-19-43(33(44)42-32(23)41-29)25-10-8-22(9-11-25)28-7-3-6-24(40-28)17-39-30-18-37-12-13-38-30/h8-11,14-16,19-20,24,28,37,40H,2-7,12-13,17-18,36H2,1H3,(H,38,39)(H,41,42,44)/t20-,24-,28-/m0/s1. The number of piperidine rings is 1. The molecular weight excluding hydrogens is 579 g/mol. The molecule has 44 heavy (non-hydrogen) atoms. The lowest BCUT2D eigenvalue weighted by molar-refractivity contribution is 0.323. The molecule has 11 heteroatoms. The number of hydrogen-bond acceptors (Lipinski definition) is 7. The number of nitrogens with zero attached hydrogens (tertiary/aromatic N) is 3. The number of halogens is 2. The fraction of sp³-hybridized carbons (Fsp3) is 0.424. The van der Waals surface area contributed by atoms with E-state index in [-0.39, 0.29) is 17.1 Å². The van der Waals surface area contributed by atoms with Crippen molar-refractivity contribution in [2.75, 3.05) is 26.2 Å². The molecule has 0 spiro atoms. The number of nitrogens with one attached hydrogen (secondary N) is 4. The molecule has 2 aromatic carbocycles. The monoisotopic (exact) mass is 618 g/mol. The molecule has 1 fully saturated rings. The van der Waals surface area contributed by atoms with Crippen molar-refractivity contribution in [3.63, 3.8) is 0 Å². The second-order valence-electron chi connectivity index (χ2n) is 12.0. The number of aryl methyl sites for hydroxylation is 1. The molecule has 0 aliphatic carbocycles. The van der Waals surface area contributed by atoms with Gasteiger partial charge >= 0.3 is 5.69 Å². The molecule has 6 N–H and O–H groups in total. The van der Waals surface area contributed by atoms with Gasteiger partial charge in [0.15, 0.2) is 5.82 Å². The van der Waals surface area contributed by atoms with Gasteiger partial charge in [0.05, 0.1) is 29.5 Å². The lowest BCUT2D eigenvalue weighted by atomic mass is 9.93. The molecule has 9 nitrogen and oxygen atoms in total. The van der Waals surface area contributed by atoms with Crippen LogP contribution in [0.5, 0.6) is 0 Å². The molecule has 4 heterocycles. The van der Waals surface area contributed by atoms with Crippen molar-refractivity contribution < 1.29 is 4.39 Å². The number of aromatic amines is 1. The van der Waals surface area contributed by atoms with Gasteiger partial charge in [0.25, 0.3) is 0 Å². The lowest BCUT2D eigenvalue weighted by Gasteiger charge is -2.32. The van der Waals surface area contributed by atoms with Crippen LogP contribution < -0.4 is 27.4 Å². The van der Waals surface area contributed by atoms with Crippen molar-refractivity contribution in [3.8, 4) is 16.9 Å². The maximum atomic E-state index is 15.1. The predicted molar refractivity (Wildman–Crippen MR) is 175 cm³/mol. The largest absolute Gasteiger partial charge is 0.371 e. The first-order chi connectivity index (χ1) is 21.3. The molecule has 2 aromatic heterocycles. The fourth-order valence-electron chi connectivity index (χ4n) is 6.14. The first-order valence-electron chi connectivity index (χ1n) is 15.5. The molecule has 0 bridgehead atoms. The van der Waals surface area contributed by atoms with Gasteiger partial charge in [-0.3, -0.25) is 9.56 Å². The number of nitrogens with two attached hydrogens (primary N) is 1. The molecule has 0 unspecified atom stereocenters. The highest BCUT2D eigenvalue weighted by Gasteiger charge is 2.23. The Morgan fingerprint density at radius 1 is 1.20 bits per heavy atom. The molecule has 3 atom stereocenters. The van der Waals surface area contributed by atoms with Gasteiger partial charge in [0.2, 0.25) is 0 Å². The van der Waals surface area contributed by atoms with Crippen molar-refractivity contribution in [1.82, 2.24) is 30.5 Å². The number of rotatable bonds is 9. The van der Waals surface area contributed by atoms with Crippen LogP contribution >= 0.6 is 11.6 Å². The van der Waals surface area contributed by atoms with Gasteiger partial charge in [-0.1, -0.05) is 23.7 Å². The highest BCUT2D eigenvalue weighted by atomic mass is 35.5. The van der Waals surface area contributed by atoms with E-state index < -0.39 is 11.5 Å². The number of hydrogen-bond donors (Lipinski definition) is 5. The summed E-state index contributed by atoms with van der Waals surface area (Å²) in [6, 6.07) is 14.1. The van der Waals surface area contributed by atoms with Crippen LogP contribution in [0.3, 0.4) is 0 Å². The molecule has 2 aliphatic heterocycles. The summed E-state index contributed by atoms with van der Waals surface area (Å²) in [6.07, 6.45) is 7.58. The third kappa shape index (κ3) is 7.04. The zero-order valence-corrected chi connectivity index (χ0v) is 25.8. The molecule has 4 aromatic rings. The molecule has 0 saturated carbocycles. The molecule has 232 valence electrons. The summed E-state index contributed by atoms with van der Waals surface area (Å²) in [4.78, 5) is 25.0. The SMILES string of the molecule is C[C@H](N)CCCc1cc(Cl)c(F)c(-c2cc3cn(-c4ccc([C@@H]5CCC[C@@H](CNC6=NCCNC6)N5)cc4)c(=O)nc3[nH]2)c1. The highest BCUT2D eigenvalue weighted by molar-refractivity contribution is 6.31. The van der Waals surface area contributed by atoms with Crippen molar-refractivity contribution in [2.24, 2.45) is 10.7 Å². The fourth-order valence-corrected chi connectivity index (χ4v) is 6.38. The van der Waals surface area contributed by atoms with E-state index in [2.05, 4.69) is 43.0 Å². The molecule has 1 saturated heterocycles. The number of aliphatic imine (C=N–C) groups is 1. The Morgan fingerprint density at radius 2 is 2.05 bits per heavy atom. The molecular formula is C33H40ClFN8O. The van der Waals surface area contributed by atoms with E-state index in [1.807, 2.05) is 25.1 Å². The van der Waals surface area contributed by atoms with Crippen LogP contribution in [0.15, 0.2) is 58.4 Å². The minimum Gasteiger partial charge on any atom is -0.371 e. The van der Waals surface area contributed by atoms with Gasteiger partial charge < -0.3 is 26.7 Å². The second-order valence-corrected chi connectivity index (χ2v) is 12.4. The Kier molecular flexibility index (Phi) is 9.42. The number of aromatic nitrogens is 3. The Bertz CT molecular complexity index is 1700. The molecule has 0 amide bonds. The van der Waals surface area contributed by atoms with Crippen molar-refractivity contribution >= 4 is 28.5 Å². The van der Waals surface area contributed by atoms with Gasteiger partial charge in [0.1, 0.15) is 11.5 Å². The van der Waals surface area contributed by atoms with Gasteiger partial charge in [-0.25, -0.2) is 9.18 Å². The van der Waals surface area contributed by atoms with Crippen LogP contribution in [0.2, 0.25) is 5.02 Å². The summed E-state index contributed by atoms with van der Waals surface area (Å²) in [7, 11) is 0. The molecule has 0 radical (unpaired) electrons. The van der Waals surface area contributed by atoms with Crippen LogP contribution in [0.1, 0.15) is 56.2 Å². The predicted octanol–water partition coefficient (Wildman–Crippen LogP) is 4.62. The van der Waals surface area contributed by atoms with E-state index in [0.29, 0.717) is 28.3 Å². The Labute approximate surface area is 261 Å². The van der Waals surface area contributed by atoms with E-state index in [1.165, 1.54) is 10.1 Å². The van der Waals surface area contributed by atoms with E-state index in [9.17, 15) is 4.79 Å². The summed E-state index contributed by atoms with van der Waals surface area (Å²) < 4.78 is 16.7. The summed E-state index contributed by atoms with van der Waals surface area (Å²) in [5.74, 6) is 0.527. The Morgan fingerprint density at radius 3 is 2.82 bits per heavy atom. The average molecular weight is 619 g/mol. The summed E-state index contributed by atoms with van der Waals surface area (Å²) in [6.45, 7) is 5.38. The number of amidine groups is 1. The zero-order chi connectivity index (χ0) is 30.6. The van der Waals surface area contributed by atoms with Crippen LogP contribution in [0, 0.1) is 5.82 Å². The van der Waals surface area contributed by atoms with Crippen LogP contribution in [0.25, 0.3) is 28.0 Å². The van der Waals surface area contributed by atoms with Gasteiger partial charge in [-0.2, -0.15) is 4.98 Å². The van der Waals surface area contributed by atoms with E-state index in [4.69, 9.17) is 17.3 Å². The van der Waals surface area contributed by atoms with Gasteiger partial charge in [-0.05, 0) is 86.9 Å². The summed E-state index contributed by atoms with van der Waals surface area (Å²) in [5.41, 5.74) is 9.59. The Hall–Kier alpha value is -3.57. The first kappa shape index (κ1) is 30.5. The lowest BCUT2D eigenvalue weighted by Crippen LogP contribution is -2.47. The van der Waals surface area contributed by atoms with Crippen molar-refractivity contribution in [2.45, 2.75) is 63.6 Å². The van der Waals surface area contributed by atoms with E-state index in [0.717, 1.165) is 81.8 Å². The Balaban J connectivity index is 1.18.